The quantitative estimate of drug-likeness (QED) is 0.403. The van der Waals surface area contributed by atoms with E-state index < -0.39 is 17.7 Å². The molecule has 0 bridgehead atoms. The zero-order valence-corrected chi connectivity index (χ0v) is 16.4. The van der Waals surface area contributed by atoms with Gasteiger partial charge in [-0.1, -0.05) is 30.3 Å². The van der Waals surface area contributed by atoms with E-state index in [0.29, 0.717) is 16.7 Å². The van der Waals surface area contributed by atoms with Gasteiger partial charge >= 0.3 is 17.7 Å². The van der Waals surface area contributed by atoms with Gasteiger partial charge in [0, 0.05) is 16.5 Å². The maximum absolute atomic E-state index is 12.1. The summed E-state index contributed by atoms with van der Waals surface area (Å²) in [7, 11) is 0. The number of amides is 1. The molecule has 1 amide bonds. The number of benzene rings is 2. The number of rotatable bonds is 5. The first kappa shape index (κ1) is 20.1. The maximum atomic E-state index is 12.1. The molecule has 2 aromatic carbocycles. The normalized spacial score (nSPS) is 10.6. The predicted molar refractivity (Wildman–Crippen MR) is 107 cm³/mol. The first-order valence-electron chi connectivity index (χ1n) is 9.05. The average Bonchev–Trinajstić information content (AvgIpc) is 2.72. The van der Waals surface area contributed by atoms with Crippen molar-refractivity contribution in [2.24, 2.45) is 0 Å². The topological polar surface area (TPSA) is 94.8 Å². The van der Waals surface area contributed by atoms with E-state index in [9.17, 15) is 14.4 Å². The van der Waals surface area contributed by atoms with E-state index in [-0.39, 0.29) is 18.9 Å². The lowest BCUT2D eigenvalue weighted by Crippen LogP contribution is -2.32. The Morgan fingerprint density at radius 2 is 1.69 bits per heavy atom. The highest BCUT2D eigenvalue weighted by Crippen LogP contribution is 2.29. The lowest BCUT2D eigenvalue weighted by Gasteiger charge is -2.11. The van der Waals surface area contributed by atoms with Crippen molar-refractivity contribution in [1.82, 2.24) is 5.32 Å². The summed E-state index contributed by atoms with van der Waals surface area (Å²) in [4.78, 5) is 35.8. The van der Waals surface area contributed by atoms with Crippen molar-refractivity contribution in [2.45, 2.75) is 27.4 Å². The van der Waals surface area contributed by atoms with Gasteiger partial charge in [0.25, 0.3) is 0 Å². The molecule has 7 nitrogen and oxygen atoms in total. The third kappa shape index (κ3) is 4.63. The molecule has 0 aliphatic carbocycles. The van der Waals surface area contributed by atoms with Gasteiger partial charge in [0.2, 0.25) is 0 Å². The lowest BCUT2D eigenvalue weighted by molar-refractivity contribution is -0.133. The van der Waals surface area contributed by atoms with Crippen LogP contribution in [0.5, 0.6) is 5.75 Å². The molecule has 0 radical (unpaired) electrons. The van der Waals surface area contributed by atoms with E-state index in [1.54, 1.807) is 26.0 Å². The van der Waals surface area contributed by atoms with Gasteiger partial charge in [0.15, 0.2) is 0 Å². The van der Waals surface area contributed by atoms with E-state index >= 15 is 0 Å². The van der Waals surface area contributed by atoms with Crippen molar-refractivity contribution in [3.63, 3.8) is 0 Å². The lowest BCUT2D eigenvalue weighted by atomic mass is 10.0. The van der Waals surface area contributed by atoms with Gasteiger partial charge in [0.1, 0.15) is 24.5 Å². The number of hydrogen-bond acceptors (Lipinski definition) is 6. The zero-order valence-electron chi connectivity index (χ0n) is 16.4. The molecule has 0 unspecified atom stereocenters. The van der Waals surface area contributed by atoms with Crippen LogP contribution in [0.15, 0.2) is 51.7 Å². The molecule has 0 saturated carbocycles. The Morgan fingerprint density at radius 1 is 0.966 bits per heavy atom. The van der Waals surface area contributed by atoms with Crippen LogP contribution in [0.2, 0.25) is 0 Å². The molecule has 3 aromatic rings. The molecule has 7 heteroatoms. The molecule has 3 rings (SSSR count). The fraction of sp³-hybridized carbons (Fsp3) is 0.227. The molecule has 0 atom stereocenters. The van der Waals surface area contributed by atoms with Crippen LogP contribution in [-0.2, 0) is 16.1 Å². The number of nitrogens with one attached hydrogen (secondary N) is 1. The minimum absolute atomic E-state index is 0.101. The van der Waals surface area contributed by atoms with Crippen molar-refractivity contribution in [3.05, 3.63) is 75.1 Å². The minimum atomic E-state index is -0.724. The first-order chi connectivity index (χ1) is 13.9. The van der Waals surface area contributed by atoms with Crippen molar-refractivity contribution in [1.29, 1.82) is 0 Å². The summed E-state index contributed by atoms with van der Waals surface area (Å²) in [6, 6.07) is 12.6. The summed E-state index contributed by atoms with van der Waals surface area (Å²) >= 11 is 0. The third-order valence-corrected chi connectivity index (χ3v) is 4.64. The van der Waals surface area contributed by atoms with Gasteiger partial charge < -0.3 is 19.2 Å². The van der Waals surface area contributed by atoms with Gasteiger partial charge in [-0.2, -0.15) is 0 Å². The highest BCUT2D eigenvalue weighted by molar-refractivity contribution is 5.87. The molecular formula is C22H21NO6. The van der Waals surface area contributed by atoms with Crippen LogP contribution in [0.3, 0.4) is 0 Å². The molecule has 150 valence electrons. The van der Waals surface area contributed by atoms with E-state index in [1.165, 1.54) is 0 Å². The Kier molecular flexibility index (Phi) is 5.97. The molecule has 0 spiro atoms. The summed E-state index contributed by atoms with van der Waals surface area (Å²) in [5, 5.41) is 3.13. The Balaban J connectivity index is 1.61. The summed E-state index contributed by atoms with van der Waals surface area (Å²) in [6.07, 6.45) is -0.724. The number of carbonyl (C=O) groups is 2. The third-order valence-electron chi connectivity index (χ3n) is 4.64. The number of esters is 1. The van der Waals surface area contributed by atoms with E-state index in [1.807, 2.05) is 37.3 Å². The molecule has 0 aliphatic rings. The average molecular weight is 395 g/mol. The SMILES string of the molecule is Cc1c(C)c2ccc(OC(=O)CNC(=O)OCc3ccccc3)c(C)c2oc1=O. The van der Waals surface area contributed by atoms with Crippen molar-refractivity contribution in [3.8, 4) is 5.75 Å². The molecule has 0 fully saturated rings. The van der Waals surface area contributed by atoms with Crippen molar-refractivity contribution in [2.75, 3.05) is 6.54 Å². The van der Waals surface area contributed by atoms with Gasteiger partial charge in [-0.3, -0.25) is 0 Å². The maximum Gasteiger partial charge on any atom is 0.407 e. The van der Waals surface area contributed by atoms with Crippen LogP contribution in [0.25, 0.3) is 11.0 Å². The summed E-state index contributed by atoms with van der Waals surface area (Å²) in [5.74, 6) is -0.413. The second kappa shape index (κ2) is 8.60. The van der Waals surface area contributed by atoms with Crippen LogP contribution in [0.4, 0.5) is 4.79 Å². The predicted octanol–water partition coefficient (Wildman–Crippen LogP) is 3.55. The number of ether oxygens (including phenoxy) is 2. The summed E-state index contributed by atoms with van der Waals surface area (Å²) in [5.41, 5.74) is 2.68. The van der Waals surface area contributed by atoms with Crippen LogP contribution >= 0.6 is 0 Å². The fourth-order valence-electron chi connectivity index (χ4n) is 2.81. The highest BCUT2D eigenvalue weighted by Gasteiger charge is 2.15. The van der Waals surface area contributed by atoms with Gasteiger partial charge in [-0.05, 0) is 44.0 Å². The smallest absolute Gasteiger partial charge is 0.407 e. The molecule has 0 saturated heterocycles. The van der Waals surface area contributed by atoms with Crippen LogP contribution in [-0.4, -0.2) is 18.6 Å². The Bertz CT molecular complexity index is 1120. The second-order valence-electron chi connectivity index (χ2n) is 6.59. The molecule has 29 heavy (non-hydrogen) atoms. The summed E-state index contributed by atoms with van der Waals surface area (Å²) < 4.78 is 15.7. The number of alkyl carbamates (subject to hydrolysis) is 1. The van der Waals surface area contributed by atoms with Crippen molar-refractivity contribution < 1.29 is 23.5 Å². The van der Waals surface area contributed by atoms with E-state index in [2.05, 4.69) is 5.32 Å². The van der Waals surface area contributed by atoms with Crippen LogP contribution in [0, 0.1) is 20.8 Å². The molecular weight excluding hydrogens is 374 g/mol. The van der Waals surface area contributed by atoms with E-state index in [0.717, 1.165) is 16.5 Å². The Hall–Kier alpha value is -3.61. The largest absolute Gasteiger partial charge is 0.445 e. The molecule has 0 aliphatic heterocycles. The van der Waals surface area contributed by atoms with Crippen molar-refractivity contribution >= 4 is 23.0 Å². The first-order valence-corrected chi connectivity index (χ1v) is 9.05. The molecule has 1 heterocycles. The minimum Gasteiger partial charge on any atom is -0.445 e. The molecule has 1 N–H and O–H groups in total. The highest BCUT2D eigenvalue weighted by atomic mass is 16.6. The number of fused-ring (bicyclic) bond motifs is 1. The van der Waals surface area contributed by atoms with Gasteiger partial charge in [-0.25, -0.2) is 14.4 Å². The number of carbonyl (C=O) groups excluding carboxylic acids is 2. The number of aryl methyl sites for hydroxylation is 2. The van der Waals surface area contributed by atoms with Crippen LogP contribution < -0.4 is 15.7 Å². The monoisotopic (exact) mass is 395 g/mol. The van der Waals surface area contributed by atoms with Gasteiger partial charge in [-0.15, -0.1) is 0 Å². The zero-order chi connectivity index (χ0) is 21.0. The fourth-order valence-corrected chi connectivity index (χ4v) is 2.81. The summed E-state index contributed by atoms with van der Waals surface area (Å²) in [6.45, 7) is 4.98. The molecule has 1 aromatic heterocycles. The number of hydrogen-bond donors (Lipinski definition) is 1. The Morgan fingerprint density at radius 3 is 2.41 bits per heavy atom. The Labute approximate surface area is 167 Å². The van der Waals surface area contributed by atoms with Gasteiger partial charge in [0.05, 0.1) is 0 Å². The van der Waals surface area contributed by atoms with Crippen LogP contribution in [0.1, 0.15) is 22.3 Å². The second-order valence-corrected chi connectivity index (χ2v) is 6.59. The van der Waals surface area contributed by atoms with E-state index in [4.69, 9.17) is 13.9 Å². The standard InChI is InChI=1S/C22H21NO6/c1-13-14(2)21(25)29-20-15(3)18(10-9-17(13)20)28-19(24)11-23-22(26)27-12-16-7-5-4-6-8-16/h4-10H,11-12H2,1-3H3,(H,23,26).